The molecule has 0 aliphatic carbocycles. The standard InChI is InChI=1S/C19H19N3Si.C14H10BrN3/c1-23(2,3)13-10-16-4-6-18(7-5-16)22-15-21-14-19(22)17-8-11-20-12-9-17;15-12-1-3-13(4-2-12)18-10-17-9-14(18)11-5-7-16-8-6-11/h4-9,11-12,14-15H,1-3H3;1-10H. The molecular weight excluding hydrogens is 588 g/mol. The Bertz CT molecular complexity index is 1760. The number of hydrogen-bond acceptors (Lipinski definition) is 4. The molecule has 0 radical (unpaired) electrons. The minimum Gasteiger partial charge on any atom is -0.299 e. The number of imidazole rings is 2. The lowest BCUT2D eigenvalue weighted by molar-refractivity contribution is 1.06. The molecule has 6 nitrogen and oxygen atoms in total. The normalized spacial score (nSPS) is 10.7. The summed E-state index contributed by atoms with van der Waals surface area (Å²) in [5.41, 5.74) is 10.9. The molecule has 0 spiro atoms. The van der Waals surface area contributed by atoms with Crippen molar-refractivity contribution < 1.29 is 0 Å². The van der Waals surface area contributed by atoms with Gasteiger partial charge in [0.15, 0.2) is 0 Å². The molecule has 2 aromatic carbocycles. The van der Waals surface area contributed by atoms with Crippen LogP contribution >= 0.6 is 15.9 Å². The Morgan fingerprint density at radius 2 is 1.02 bits per heavy atom. The van der Waals surface area contributed by atoms with E-state index in [0.29, 0.717) is 0 Å². The molecule has 0 fully saturated rings. The number of rotatable bonds is 4. The largest absolute Gasteiger partial charge is 0.299 e. The second-order valence-electron chi connectivity index (χ2n) is 10.3. The molecule has 6 rings (SSSR count). The van der Waals surface area contributed by atoms with Gasteiger partial charge in [0.25, 0.3) is 0 Å². The Hall–Kier alpha value is -4.58. The van der Waals surface area contributed by atoms with E-state index in [-0.39, 0.29) is 0 Å². The second-order valence-corrected chi connectivity index (χ2v) is 16.0. The van der Waals surface area contributed by atoms with Gasteiger partial charge >= 0.3 is 0 Å². The van der Waals surface area contributed by atoms with Crippen molar-refractivity contribution in [2.75, 3.05) is 0 Å². The minimum absolute atomic E-state index is 1.05. The summed E-state index contributed by atoms with van der Waals surface area (Å²) >= 11 is 3.44. The fourth-order valence-electron chi connectivity index (χ4n) is 4.04. The molecule has 0 aliphatic heterocycles. The first-order valence-corrected chi connectivity index (χ1v) is 17.4. The van der Waals surface area contributed by atoms with Crippen molar-refractivity contribution in [2.24, 2.45) is 0 Å². The zero-order chi connectivity index (χ0) is 28.7. The highest BCUT2D eigenvalue weighted by atomic mass is 79.9. The molecule has 4 heterocycles. The molecule has 0 bridgehead atoms. The summed E-state index contributed by atoms with van der Waals surface area (Å²) in [4.78, 5) is 16.6. The first-order valence-electron chi connectivity index (χ1n) is 13.1. The van der Waals surface area contributed by atoms with E-state index in [0.717, 1.165) is 43.9 Å². The molecule has 0 aliphatic rings. The van der Waals surface area contributed by atoms with Gasteiger partial charge in [-0.05, 0) is 72.8 Å². The maximum Gasteiger partial charge on any atom is 0.129 e. The summed E-state index contributed by atoms with van der Waals surface area (Å²) in [5, 5.41) is 0. The van der Waals surface area contributed by atoms with E-state index < -0.39 is 8.07 Å². The predicted octanol–water partition coefficient (Wildman–Crippen LogP) is 7.86. The van der Waals surface area contributed by atoms with Crippen molar-refractivity contribution >= 4 is 24.0 Å². The fourth-order valence-corrected chi connectivity index (χ4v) is 4.82. The molecule has 0 N–H and O–H groups in total. The Morgan fingerprint density at radius 1 is 0.585 bits per heavy atom. The van der Waals surface area contributed by atoms with Gasteiger partial charge in [0, 0.05) is 57.3 Å². The number of aromatic nitrogens is 6. The Morgan fingerprint density at radius 3 is 1.46 bits per heavy atom. The number of pyridine rings is 2. The molecule has 4 aromatic heterocycles. The highest BCUT2D eigenvalue weighted by Gasteiger charge is 2.09. The third kappa shape index (κ3) is 7.34. The number of hydrogen-bond donors (Lipinski definition) is 0. The van der Waals surface area contributed by atoms with Crippen LogP contribution in [0.3, 0.4) is 0 Å². The van der Waals surface area contributed by atoms with Gasteiger partial charge in [-0.1, -0.05) is 41.5 Å². The summed E-state index contributed by atoms with van der Waals surface area (Å²) in [5.74, 6) is 3.28. The fraction of sp³-hybridized carbons (Fsp3) is 0.0909. The van der Waals surface area contributed by atoms with Crippen LogP contribution in [0.1, 0.15) is 5.56 Å². The summed E-state index contributed by atoms with van der Waals surface area (Å²) in [6.45, 7) is 6.75. The quantitative estimate of drug-likeness (QED) is 0.149. The van der Waals surface area contributed by atoms with Gasteiger partial charge in [-0.3, -0.25) is 19.1 Å². The third-order valence-electron chi connectivity index (χ3n) is 6.06. The summed E-state index contributed by atoms with van der Waals surface area (Å²) in [6, 6.07) is 24.4. The monoisotopic (exact) mass is 616 g/mol. The van der Waals surface area contributed by atoms with Gasteiger partial charge in [0.05, 0.1) is 36.4 Å². The molecule has 0 saturated heterocycles. The average Bonchev–Trinajstić information content (AvgIpc) is 3.69. The van der Waals surface area contributed by atoms with Gasteiger partial charge in [-0.25, -0.2) is 9.97 Å². The van der Waals surface area contributed by atoms with Crippen LogP contribution in [-0.4, -0.2) is 37.1 Å². The van der Waals surface area contributed by atoms with E-state index >= 15 is 0 Å². The summed E-state index contributed by atoms with van der Waals surface area (Å²) < 4.78 is 5.20. The van der Waals surface area contributed by atoms with Crippen molar-refractivity contribution in [3.8, 4) is 45.4 Å². The summed E-state index contributed by atoms with van der Waals surface area (Å²) in [6.07, 6.45) is 14.5. The van der Waals surface area contributed by atoms with E-state index in [1.807, 2.05) is 61.4 Å². The van der Waals surface area contributed by atoms with Gasteiger partial charge < -0.3 is 0 Å². The zero-order valence-corrected chi connectivity index (χ0v) is 25.7. The Kier molecular flexibility index (Phi) is 8.68. The van der Waals surface area contributed by atoms with Crippen LogP contribution < -0.4 is 0 Å². The molecule has 0 atom stereocenters. The van der Waals surface area contributed by atoms with E-state index in [4.69, 9.17) is 0 Å². The van der Waals surface area contributed by atoms with Crippen LogP contribution in [0.2, 0.25) is 19.6 Å². The van der Waals surface area contributed by atoms with E-state index in [9.17, 15) is 0 Å². The Balaban J connectivity index is 0.000000169. The maximum absolute atomic E-state index is 4.29. The molecule has 0 unspecified atom stereocenters. The van der Waals surface area contributed by atoms with Crippen molar-refractivity contribution in [3.63, 3.8) is 0 Å². The average molecular weight is 618 g/mol. The second kappa shape index (κ2) is 12.7. The molecule has 41 heavy (non-hydrogen) atoms. The number of nitrogens with zero attached hydrogens (tertiary/aromatic N) is 6. The molecule has 0 amide bonds. The van der Waals surface area contributed by atoms with Crippen LogP contribution in [0.5, 0.6) is 0 Å². The zero-order valence-electron chi connectivity index (χ0n) is 23.1. The molecule has 6 aromatic rings. The van der Waals surface area contributed by atoms with Gasteiger partial charge in [-0.15, -0.1) is 5.54 Å². The lowest BCUT2D eigenvalue weighted by Gasteiger charge is -2.08. The molecular formula is C33H29BrN6Si. The van der Waals surface area contributed by atoms with E-state index in [1.165, 1.54) is 0 Å². The van der Waals surface area contributed by atoms with Gasteiger partial charge in [0.1, 0.15) is 8.07 Å². The lowest BCUT2D eigenvalue weighted by atomic mass is 10.2. The van der Waals surface area contributed by atoms with Crippen molar-refractivity contribution in [2.45, 2.75) is 19.6 Å². The summed E-state index contributed by atoms with van der Waals surface area (Å²) in [7, 11) is -1.34. The van der Waals surface area contributed by atoms with Gasteiger partial charge in [0.2, 0.25) is 0 Å². The smallest absolute Gasteiger partial charge is 0.129 e. The van der Waals surface area contributed by atoms with Crippen LogP contribution in [-0.2, 0) is 0 Å². The third-order valence-corrected chi connectivity index (χ3v) is 7.46. The van der Waals surface area contributed by atoms with Crippen molar-refractivity contribution in [3.05, 3.63) is 133 Å². The van der Waals surface area contributed by atoms with E-state index in [1.54, 1.807) is 24.8 Å². The minimum atomic E-state index is -1.34. The van der Waals surface area contributed by atoms with Crippen LogP contribution in [0.25, 0.3) is 33.9 Å². The van der Waals surface area contributed by atoms with Crippen LogP contribution in [0.15, 0.2) is 127 Å². The topological polar surface area (TPSA) is 61.4 Å². The lowest BCUT2D eigenvalue weighted by Crippen LogP contribution is -2.16. The van der Waals surface area contributed by atoms with Crippen molar-refractivity contribution in [1.82, 2.24) is 29.1 Å². The number of halogens is 1. The highest BCUT2D eigenvalue weighted by molar-refractivity contribution is 9.10. The molecule has 8 heteroatoms. The van der Waals surface area contributed by atoms with Gasteiger partial charge in [-0.2, -0.15) is 0 Å². The van der Waals surface area contributed by atoms with Crippen LogP contribution in [0, 0.1) is 11.5 Å². The molecule has 0 saturated carbocycles. The number of benzene rings is 2. The SMILES string of the molecule is Brc1ccc(-n2cncc2-c2ccncc2)cc1.C[Si](C)(C)C#Cc1ccc(-n2cncc2-c2ccncc2)cc1. The van der Waals surface area contributed by atoms with E-state index in [2.05, 4.69) is 113 Å². The molecule has 202 valence electrons. The predicted molar refractivity (Wildman–Crippen MR) is 172 cm³/mol. The first kappa shape index (κ1) is 28.0. The van der Waals surface area contributed by atoms with Crippen LogP contribution in [0.4, 0.5) is 0 Å². The first-order chi connectivity index (χ1) is 19.9. The van der Waals surface area contributed by atoms with Crippen molar-refractivity contribution in [1.29, 1.82) is 0 Å². The maximum atomic E-state index is 4.29. The Labute approximate surface area is 250 Å². The highest BCUT2D eigenvalue weighted by Crippen LogP contribution is 2.24.